The van der Waals surface area contributed by atoms with E-state index in [1.165, 1.54) is 0 Å². The highest BCUT2D eigenvalue weighted by Crippen LogP contribution is 2.19. The molecule has 2 rings (SSSR count). The summed E-state index contributed by atoms with van der Waals surface area (Å²) >= 11 is 5.99. The van der Waals surface area contributed by atoms with Gasteiger partial charge < -0.3 is 9.64 Å². The van der Waals surface area contributed by atoms with Crippen LogP contribution >= 0.6 is 11.6 Å². The molecule has 5 heteroatoms. The van der Waals surface area contributed by atoms with Crippen molar-refractivity contribution in [1.29, 1.82) is 5.26 Å². The van der Waals surface area contributed by atoms with Gasteiger partial charge in [0.25, 0.3) is 0 Å². The molecule has 1 aromatic carbocycles. The first-order valence-corrected chi connectivity index (χ1v) is 6.63. The van der Waals surface area contributed by atoms with Crippen LogP contribution in [0.5, 0.6) is 0 Å². The largest absolute Gasteiger partial charge is 0.444 e. The SMILES string of the molecule is N#CC1CCN(C(=O)OCc2ccccc2Cl)CC1. The van der Waals surface area contributed by atoms with E-state index in [2.05, 4.69) is 6.07 Å². The first kappa shape index (κ1) is 13.7. The zero-order valence-corrected chi connectivity index (χ0v) is 11.3. The van der Waals surface area contributed by atoms with Crippen molar-refractivity contribution in [2.75, 3.05) is 13.1 Å². The van der Waals surface area contributed by atoms with Crippen molar-refractivity contribution in [3.63, 3.8) is 0 Å². The Morgan fingerprint density at radius 2 is 2.11 bits per heavy atom. The third kappa shape index (κ3) is 3.62. The van der Waals surface area contributed by atoms with Gasteiger partial charge in [-0.05, 0) is 18.9 Å². The summed E-state index contributed by atoms with van der Waals surface area (Å²) in [5.41, 5.74) is 0.796. The van der Waals surface area contributed by atoms with Crippen molar-refractivity contribution < 1.29 is 9.53 Å². The molecule has 1 aromatic rings. The van der Waals surface area contributed by atoms with Crippen molar-refractivity contribution in [2.24, 2.45) is 5.92 Å². The summed E-state index contributed by atoms with van der Waals surface area (Å²) in [6.07, 6.45) is 1.10. The van der Waals surface area contributed by atoms with E-state index in [4.69, 9.17) is 21.6 Å². The van der Waals surface area contributed by atoms with Gasteiger partial charge in [0.2, 0.25) is 0 Å². The number of hydrogen-bond acceptors (Lipinski definition) is 3. The van der Waals surface area contributed by atoms with E-state index in [0.717, 1.165) is 18.4 Å². The van der Waals surface area contributed by atoms with Gasteiger partial charge in [0, 0.05) is 29.6 Å². The van der Waals surface area contributed by atoms with Gasteiger partial charge in [0.15, 0.2) is 0 Å². The molecule has 0 aromatic heterocycles. The van der Waals surface area contributed by atoms with E-state index >= 15 is 0 Å². The molecule has 0 N–H and O–H groups in total. The molecule has 0 unspecified atom stereocenters. The minimum atomic E-state index is -0.337. The van der Waals surface area contributed by atoms with Crippen LogP contribution in [0.3, 0.4) is 0 Å². The molecule has 1 heterocycles. The Balaban J connectivity index is 1.83. The van der Waals surface area contributed by atoms with Gasteiger partial charge in [-0.3, -0.25) is 0 Å². The fourth-order valence-corrected chi connectivity index (χ4v) is 2.23. The molecule has 1 aliphatic rings. The average Bonchev–Trinajstić information content (AvgIpc) is 2.46. The molecule has 4 nitrogen and oxygen atoms in total. The van der Waals surface area contributed by atoms with Crippen molar-refractivity contribution >= 4 is 17.7 Å². The zero-order valence-electron chi connectivity index (χ0n) is 10.5. The smallest absolute Gasteiger partial charge is 0.410 e. The summed E-state index contributed by atoms with van der Waals surface area (Å²) in [4.78, 5) is 13.5. The molecule has 1 fully saturated rings. The monoisotopic (exact) mass is 278 g/mol. The molecule has 1 amide bonds. The Labute approximate surface area is 117 Å². The highest BCUT2D eigenvalue weighted by atomic mass is 35.5. The van der Waals surface area contributed by atoms with Crippen molar-refractivity contribution in [1.82, 2.24) is 4.90 Å². The number of nitriles is 1. The summed E-state index contributed by atoms with van der Waals surface area (Å²) < 4.78 is 5.24. The standard InChI is InChI=1S/C14H15ClN2O2/c15-13-4-2-1-3-12(13)10-19-14(18)17-7-5-11(9-16)6-8-17/h1-4,11H,5-8,10H2. The second-order valence-electron chi connectivity index (χ2n) is 4.54. The molecule has 0 saturated carbocycles. The van der Waals surface area contributed by atoms with Crippen LogP contribution in [0.4, 0.5) is 4.79 Å². The maximum atomic E-state index is 11.9. The lowest BCUT2D eigenvalue weighted by Crippen LogP contribution is -2.38. The number of nitrogens with zero attached hydrogens (tertiary/aromatic N) is 2. The van der Waals surface area contributed by atoms with Crippen LogP contribution in [-0.4, -0.2) is 24.1 Å². The first-order valence-electron chi connectivity index (χ1n) is 6.25. The van der Waals surface area contributed by atoms with Gasteiger partial charge in [-0.15, -0.1) is 0 Å². The Kier molecular flexibility index (Phi) is 4.64. The predicted molar refractivity (Wildman–Crippen MR) is 71.5 cm³/mol. The number of piperidine rings is 1. The number of carbonyl (C=O) groups is 1. The molecular weight excluding hydrogens is 264 g/mol. The summed E-state index contributed by atoms with van der Waals surface area (Å²) in [5, 5.41) is 9.39. The van der Waals surface area contributed by atoms with Gasteiger partial charge >= 0.3 is 6.09 Å². The van der Waals surface area contributed by atoms with Gasteiger partial charge in [0.05, 0.1) is 6.07 Å². The first-order chi connectivity index (χ1) is 9.20. The van der Waals surface area contributed by atoms with E-state index in [1.54, 1.807) is 11.0 Å². The molecule has 100 valence electrons. The summed E-state index contributed by atoms with van der Waals surface area (Å²) in [6.45, 7) is 1.34. The van der Waals surface area contributed by atoms with Crippen LogP contribution in [0.1, 0.15) is 18.4 Å². The number of amides is 1. The van der Waals surface area contributed by atoms with Crippen LogP contribution in [0.15, 0.2) is 24.3 Å². The molecule has 0 radical (unpaired) electrons. The normalized spacial score (nSPS) is 15.9. The lowest BCUT2D eigenvalue weighted by Gasteiger charge is -2.28. The minimum absolute atomic E-state index is 0.0626. The second-order valence-corrected chi connectivity index (χ2v) is 4.94. The molecule has 1 saturated heterocycles. The highest BCUT2D eigenvalue weighted by Gasteiger charge is 2.23. The minimum Gasteiger partial charge on any atom is -0.444 e. The highest BCUT2D eigenvalue weighted by molar-refractivity contribution is 6.31. The summed E-state index contributed by atoms with van der Waals surface area (Å²) in [6, 6.07) is 9.52. The van der Waals surface area contributed by atoms with Crippen molar-refractivity contribution in [3.8, 4) is 6.07 Å². The Bertz CT molecular complexity index is 490. The molecule has 0 atom stereocenters. The second kappa shape index (κ2) is 6.44. The lowest BCUT2D eigenvalue weighted by atomic mass is 9.99. The number of carbonyl (C=O) groups excluding carboxylic acids is 1. The van der Waals surface area contributed by atoms with Gasteiger partial charge in [-0.25, -0.2) is 4.79 Å². The van der Waals surface area contributed by atoms with Crippen molar-refractivity contribution in [2.45, 2.75) is 19.4 Å². The molecule has 1 aliphatic heterocycles. The molecule has 0 aliphatic carbocycles. The van der Waals surface area contributed by atoms with E-state index in [1.807, 2.05) is 18.2 Å². The van der Waals surface area contributed by atoms with Crippen LogP contribution in [0, 0.1) is 17.2 Å². The fraction of sp³-hybridized carbons (Fsp3) is 0.429. The van der Waals surface area contributed by atoms with Crippen LogP contribution in [0.2, 0.25) is 5.02 Å². The van der Waals surface area contributed by atoms with Gasteiger partial charge in [0.1, 0.15) is 6.61 Å². The lowest BCUT2D eigenvalue weighted by molar-refractivity contribution is 0.0859. The van der Waals surface area contributed by atoms with E-state index in [0.29, 0.717) is 18.1 Å². The molecule has 0 spiro atoms. The van der Waals surface area contributed by atoms with Crippen LogP contribution < -0.4 is 0 Å². The van der Waals surface area contributed by atoms with Crippen LogP contribution in [-0.2, 0) is 11.3 Å². The van der Waals surface area contributed by atoms with E-state index < -0.39 is 0 Å². The Hall–Kier alpha value is -1.73. The molecule has 19 heavy (non-hydrogen) atoms. The quantitative estimate of drug-likeness (QED) is 0.835. The number of ether oxygens (including phenoxy) is 1. The summed E-state index contributed by atoms with van der Waals surface area (Å²) in [7, 11) is 0. The third-order valence-corrected chi connectivity index (χ3v) is 3.61. The topological polar surface area (TPSA) is 53.3 Å². The Morgan fingerprint density at radius 1 is 1.42 bits per heavy atom. The molecule has 0 bridgehead atoms. The van der Waals surface area contributed by atoms with Crippen molar-refractivity contribution in [3.05, 3.63) is 34.9 Å². The zero-order chi connectivity index (χ0) is 13.7. The predicted octanol–water partition coefficient (Wildman–Crippen LogP) is 3.21. The Morgan fingerprint density at radius 3 is 2.74 bits per heavy atom. The number of likely N-dealkylation sites (tertiary alicyclic amines) is 1. The summed E-state index contributed by atoms with van der Waals surface area (Å²) in [5.74, 6) is 0.0626. The molecular formula is C14H15ClN2O2. The number of halogens is 1. The van der Waals surface area contributed by atoms with Crippen LogP contribution in [0.25, 0.3) is 0 Å². The van der Waals surface area contributed by atoms with Gasteiger partial charge in [-0.1, -0.05) is 29.8 Å². The number of rotatable bonds is 2. The third-order valence-electron chi connectivity index (χ3n) is 3.24. The van der Waals surface area contributed by atoms with Gasteiger partial charge in [-0.2, -0.15) is 5.26 Å². The van der Waals surface area contributed by atoms with E-state index in [9.17, 15) is 4.79 Å². The maximum absolute atomic E-state index is 11.9. The number of benzene rings is 1. The van der Waals surface area contributed by atoms with E-state index in [-0.39, 0.29) is 18.6 Å². The fourth-order valence-electron chi connectivity index (χ4n) is 2.04. The average molecular weight is 279 g/mol. The maximum Gasteiger partial charge on any atom is 0.410 e. The number of hydrogen-bond donors (Lipinski definition) is 0.